The highest BCUT2D eigenvalue weighted by Gasteiger charge is 2.10. The molecule has 2 aromatic carbocycles. The Kier molecular flexibility index (Phi) is 3.92. The van der Waals surface area contributed by atoms with Crippen molar-refractivity contribution in [2.45, 2.75) is 6.92 Å². The van der Waals surface area contributed by atoms with Crippen molar-refractivity contribution in [1.29, 1.82) is 0 Å². The number of H-pyrrole nitrogens is 1. The number of carbonyl (C=O) groups excluding carboxylic acids is 1. The van der Waals surface area contributed by atoms with Crippen LogP contribution in [0.2, 0.25) is 0 Å². The van der Waals surface area contributed by atoms with Gasteiger partial charge in [0.25, 0.3) is 11.5 Å². The number of nitrogens with two attached hydrogens (primary N) is 1. The molecule has 3 rings (SSSR count). The predicted octanol–water partition coefficient (Wildman–Crippen LogP) is 2.91. The molecule has 4 N–H and O–H groups in total. The first-order valence-electron chi connectivity index (χ1n) is 7.44. The molecular weight excluding hydrogens is 302 g/mol. The molecule has 1 heterocycles. The molecule has 3 aromatic rings. The Labute approximate surface area is 138 Å². The van der Waals surface area contributed by atoms with Gasteiger partial charge in [0, 0.05) is 22.8 Å². The maximum absolute atomic E-state index is 12.2. The summed E-state index contributed by atoms with van der Waals surface area (Å²) in [5.41, 5.74) is 8.75. The summed E-state index contributed by atoms with van der Waals surface area (Å²) in [6, 6.07) is 13.3. The van der Waals surface area contributed by atoms with Crippen LogP contribution in [-0.4, -0.2) is 10.9 Å². The lowest BCUT2D eigenvalue weighted by atomic mass is 9.97. The molecular formula is C19H17N3O2. The fourth-order valence-electron chi connectivity index (χ4n) is 2.67. The van der Waals surface area contributed by atoms with E-state index in [1.54, 1.807) is 18.3 Å². The van der Waals surface area contributed by atoms with Crippen molar-refractivity contribution in [3.8, 4) is 11.1 Å². The molecule has 0 aliphatic carbocycles. The smallest absolute Gasteiger partial charge is 0.264 e. The van der Waals surface area contributed by atoms with Gasteiger partial charge in [-0.25, -0.2) is 0 Å². The van der Waals surface area contributed by atoms with E-state index in [1.165, 1.54) is 0 Å². The summed E-state index contributed by atoms with van der Waals surface area (Å²) in [5.74, 6) is -0.641. The SMILES string of the molecule is C=C(Nc1ccc2c(-c3ccccc3C)c[nH]c(=O)c2c1)C(N)=O. The summed E-state index contributed by atoms with van der Waals surface area (Å²) < 4.78 is 0. The van der Waals surface area contributed by atoms with Gasteiger partial charge in [-0.15, -0.1) is 0 Å². The lowest BCUT2D eigenvalue weighted by Crippen LogP contribution is -2.18. The minimum atomic E-state index is -0.641. The standard InChI is InChI=1S/C19H17N3O2/c1-11-5-3-4-6-14(11)17-10-21-19(24)16-9-13(7-8-15(16)17)22-12(2)18(20)23/h3-10,22H,2H2,1H3,(H2,20,23)(H,21,24). The number of rotatable bonds is 4. The summed E-state index contributed by atoms with van der Waals surface area (Å²) in [6.07, 6.45) is 1.72. The first-order chi connectivity index (χ1) is 11.5. The number of benzene rings is 2. The van der Waals surface area contributed by atoms with Crippen LogP contribution >= 0.6 is 0 Å². The number of fused-ring (bicyclic) bond motifs is 1. The molecule has 120 valence electrons. The van der Waals surface area contributed by atoms with Crippen molar-refractivity contribution < 1.29 is 4.79 Å². The van der Waals surface area contributed by atoms with Crippen LogP contribution in [0.1, 0.15) is 5.56 Å². The van der Waals surface area contributed by atoms with E-state index in [0.29, 0.717) is 11.1 Å². The predicted molar refractivity (Wildman–Crippen MR) is 96.7 cm³/mol. The van der Waals surface area contributed by atoms with Gasteiger partial charge in [0.2, 0.25) is 0 Å². The lowest BCUT2D eigenvalue weighted by Gasteiger charge is -2.11. The molecule has 0 saturated heterocycles. The first kappa shape index (κ1) is 15.6. The number of aromatic amines is 1. The lowest BCUT2D eigenvalue weighted by molar-refractivity contribution is -0.114. The van der Waals surface area contributed by atoms with Gasteiger partial charge < -0.3 is 16.0 Å². The quantitative estimate of drug-likeness (QED) is 0.646. The molecule has 0 radical (unpaired) electrons. The van der Waals surface area contributed by atoms with Crippen molar-refractivity contribution in [3.05, 3.63) is 76.9 Å². The number of primary amides is 1. The third-order valence-corrected chi connectivity index (χ3v) is 3.93. The second-order valence-electron chi connectivity index (χ2n) is 5.57. The Bertz CT molecular complexity index is 1020. The number of hydrogen-bond acceptors (Lipinski definition) is 3. The van der Waals surface area contributed by atoms with E-state index in [-0.39, 0.29) is 11.3 Å². The van der Waals surface area contributed by atoms with Gasteiger partial charge >= 0.3 is 0 Å². The minimum Gasteiger partial charge on any atom is -0.364 e. The molecule has 0 unspecified atom stereocenters. The van der Waals surface area contributed by atoms with Crippen molar-refractivity contribution in [2.24, 2.45) is 5.73 Å². The molecule has 0 aliphatic heterocycles. The van der Waals surface area contributed by atoms with Crippen LogP contribution in [0.15, 0.2) is 65.7 Å². The fraction of sp³-hybridized carbons (Fsp3) is 0.0526. The Morgan fingerprint density at radius 2 is 1.88 bits per heavy atom. The van der Waals surface area contributed by atoms with Crippen molar-refractivity contribution in [1.82, 2.24) is 4.98 Å². The van der Waals surface area contributed by atoms with Gasteiger partial charge in [-0.05, 0) is 35.6 Å². The maximum atomic E-state index is 12.2. The summed E-state index contributed by atoms with van der Waals surface area (Å²) in [5, 5.41) is 4.17. The normalized spacial score (nSPS) is 10.5. The topological polar surface area (TPSA) is 88.0 Å². The van der Waals surface area contributed by atoms with E-state index in [0.717, 1.165) is 22.1 Å². The molecule has 0 spiro atoms. The van der Waals surface area contributed by atoms with Crippen LogP contribution < -0.4 is 16.6 Å². The van der Waals surface area contributed by atoms with Crippen LogP contribution in [0, 0.1) is 6.92 Å². The van der Waals surface area contributed by atoms with Gasteiger partial charge in [0.05, 0.1) is 5.70 Å². The summed E-state index contributed by atoms with van der Waals surface area (Å²) >= 11 is 0. The molecule has 0 atom stereocenters. The molecule has 24 heavy (non-hydrogen) atoms. The zero-order valence-electron chi connectivity index (χ0n) is 13.2. The highest BCUT2D eigenvalue weighted by molar-refractivity contribution is 5.99. The van der Waals surface area contributed by atoms with Crippen LogP contribution in [-0.2, 0) is 4.79 Å². The average molecular weight is 319 g/mol. The summed E-state index contributed by atoms with van der Waals surface area (Å²) in [7, 11) is 0. The molecule has 0 saturated carbocycles. The number of aryl methyl sites for hydroxylation is 1. The van der Waals surface area contributed by atoms with E-state index in [2.05, 4.69) is 16.9 Å². The van der Waals surface area contributed by atoms with Crippen molar-refractivity contribution in [3.63, 3.8) is 0 Å². The van der Waals surface area contributed by atoms with Gasteiger partial charge in [-0.3, -0.25) is 9.59 Å². The number of hydrogen-bond donors (Lipinski definition) is 3. The Morgan fingerprint density at radius 1 is 1.12 bits per heavy atom. The third-order valence-electron chi connectivity index (χ3n) is 3.93. The second-order valence-corrected chi connectivity index (χ2v) is 5.57. The van der Waals surface area contributed by atoms with Crippen LogP contribution in [0.25, 0.3) is 21.9 Å². The highest BCUT2D eigenvalue weighted by atomic mass is 16.1. The van der Waals surface area contributed by atoms with E-state index in [1.807, 2.05) is 37.3 Å². The van der Waals surface area contributed by atoms with Gasteiger partial charge in [0.1, 0.15) is 0 Å². The Hall–Kier alpha value is -3.34. The number of aromatic nitrogens is 1. The largest absolute Gasteiger partial charge is 0.364 e. The molecule has 5 heteroatoms. The van der Waals surface area contributed by atoms with E-state index in [4.69, 9.17) is 5.73 Å². The number of anilines is 1. The van der Waals surface area contributed by atoms with Gasteiger partial charge in [-0.1, -0.05) is 36.9 Å². The van der Waals surface area contributed by atoms with E-state index in [9.17, 15) is 9.59 Å². The van der Waals surface area contributed by atoms with Crippen LogP contribution in [0.5, 0.6) is 0 Å². The van der Waals surface area contributed by atoms with Crippen LogP contribution in [0.3, 0.4) is 0 Å². The minimum absolute atomic E-state index is 0.0702. The zero-order chi connectivity index (χ0) is 17.3. The molecule has 0 aliphatic rings. The van der Waals surface area contributed by atoms with Gasteiger partial charge in [-0.2, -0.15) is 0 Å². The maximum Gasteiger partial charge on any atom is 0.264 e. The molecule has 5 nitrogen and oxygen atoms in total. The number of pyridine rings is 1. The monoisotopic (exact) mass is 319 g/mol. The molecule has 1 aromatic heterocycles. The van der Waals surface area contributed by atoms with Crippen LogP contribution in [0.4, 0.5) is 5.69 Å². The van der Waals surface area contributed by atoms with E-state index < -0.39 is 5.91 Å². The highest BCUT2D eigenvalue weighted by Crippen LogP contribution is 2.30. The van der Waals surface area contributed by atoms with Crippen molar-refractivity contribution >= 4 is 22.4 Å². The fourth-order valence-corrected chi connectivity index (χ4v) is 2.67. The molecule has 0 fully saturated rings. The molecule has 0 bridgehead atoms. The third kappa shape index (κ3) is 2.79. The summed E-state index contributed by atoms with van der Waals surface area (Å²) in [4.78, 5) is 26.1. The first-order valence-corrected chi connectivity index (χ1v) is 7.44. The van der Waals surface area contributed by atoms with Gasteiger partial charge in [0.15, 0.2) is 0 Å². The Morgan fingerprint density at radius 3 is 2.58 bits per heavy atom. The number of carbonyl (C=O) groups is 1. The number of nitrogens with one attached hydrogen (secondary N) is 2. The number of amides is 1. The summed E-state index contributed by atoms with van der Waals surface area (Å²) in [6.45, 7) is 5.58. The van der Waals surface area contributed by atoms with Crippen molar-refractivity contribution in [2.75, 3.05) is 5.32 Å². The van der Waals surface area contributed by atoms with E-state index >= 15 is 0 Å². The second kappa shape index (κ2) is 6.04. The Balaban J connectivity index is 2.17. The average Bonchev–Trinajstić information content (AvgIpc) is 2.56. The molecule has 1 amide bonds. The zero-order valence-corrected chi connectivity index (χ0v) is 13.2.